The summed E-state index contributed by atoms with van der Waals surface area (Å²) in [7, 11) is 0. The third-order valence-corrected chi connectivity index (χ3v) is 3.88. The fraction of sp³-hybridized carbons (Fsp3) is 0.250. The molecule has 2 aromatic heterocycles. The zero-order valence-electron chi connectivity index (χ0n) is 11.6. The lowest BCUT2D eigenvalue weighted by Gasteiger charge is -2.08. The summed E-state index contributed by atoms with van der Waals surface area (Å²) in [4.78, 5) is 13.1. The van der Waals surface area contributed by atoms with E-state index in [1.807, 2.05) is 31.3 Å². The molecule has 1 saturated carbocycles. The SMILES string of the molecule is Cc1ncncc1-c1nc2ccc(C#N)cc2n1C1CC1. The van der Waals surface area contributed by atoms with Crippen LogP contribution >= 0.6 is 0 Å². The van der Waals surface area contributed by atoms with Gasteiger partial charge < -0.3 is 4.57 Å². The van der Waals surface area contributed by atoms with Crippen LogP contribution in [0.15, 0.2) is 30.7 Å². The first-order chi connectivity index (χ1) is 10.3. The summed E-state index contributed by atoms with van der Waals surface area (Å²) in [6.07, 6.45) is 5.67. The Hall–Kier alpha value is -2.74. The maximum atomic E-state index is 9.11. The van der Waals surface area contributed by atoms with Gasteiger partial charge in [-0.25, -0.2) is 15.0 Å². The Labute approximate surface area is 121 Å². The van der Waals surface area contributed by atoms with E-state index in [1.165, 1.54) is 0 Å². The summed E-state index contributed by atoms with van der Waals surface area (Å²) in [5.74, 6) is 0.903. The molecule has 3 aromatic rings. The molecule has 0 unspecified atom stereocenters. The molecule has 0 atom stereocenters. The van der Waals surface area contributed by atoms with Crippen LogP contribution in [0.4, 0.5) is 0 Å². The summed E-state index contributed by atoms with van der Waals surface area (Å²) in [6, 6.07) is 8.31. The summed E-state index contributed by atoms with van der Waals surface area (Å²) >= 11 is 0. The number of rotatable bonds is 2. The number of fused-ring (bicyclic) bond motifs is 1. The quantitative estimate of drug-likeness (QED) is 0.721. The van der Waals surface area contributed by atoms with Crippen LogP contribution in [0.2, 0.25) is 0 Å². The molecule has 0 N–H and O–H groups in total. The van der Waals surface area contributed by atoms with E-state index in [9.17, 15) is 0 Å². The molecule has 0 saturated heterocycles. The maximum Gasteiger partial charge on any atom is 0.144 e. The van der Waals surface area contributed by atoms with Crippen molar-refractivity contribution >= 4 is 11.0 Å². The van der Waals surface area contributed by atoms with Crippen LogP contribution in [-0.2, 0) is 0 Å². The number of nitrogens with zero attached hydrogens (tertiary/aromatic N) is 5. The fourth-order valence-electron chi connectivity index (χ4n) is 2.67. The molecule has 5 nitrogen and oxygen atoms in total. The largest absolute Gasteiger partial charge is 0.321 e. The minimum Gasteiger partial charge on any atom is -0.321 e. The van der Waals surface area contributed by atoms with E-state index < -0.39 is 0 Å². The molecule has 1 aromatic carbocycles. The predicted molar refractivity (Wildman–Crippen MR) is 78.5 cm³/mol. The average Bonchev–Trinajstić information content (AvgIpc) is 3.27. The first kappa shape index (κ1) is 12.0. The van der Waals surface area contributed by atoms with Crippen LogP contribution in [0.1, 0.15) is 30.1 Å². The van der Waals surface area contributed by atoms with Crippen molar-refractivity contribution in [2.75, 3.05) is 0 Å². The second-order valence-electron chi connectivity index (χ2n) is 5.37. The Morgan fingerprint density at radius 1 is 1.33 bits per heavy atom. The van der Waals surface area contributed by atoms with Gasteiger partial charge in [0.05, 0.1) is 33.9 Å². The highest BCUT2D eigenvalue weighted by molar-refractivity contribution is 5.82. The maximum absolute atomic E-state index is 9.11. The van der Waals surface area contributed by atoms with Crippen molar-refractivity contribution in [3.8, 4) is 17.5 Å². The van der Waals surface area contributed by atoms with E-state index >= 15 is 0 Å². The van der Waals surface area contributed by atoms with Crippen molar-refractivity contribution < 1.29 is 0 Å². The topological polar surface area (TPSA) is 67.4 Å². The molecule has 2 heterocycles. The summed E-state index contributed by atoms with van der Waals surface area (Å²) in [5, 5.41) is 9.11. The predicted octanol–water partition coefficient (Wildman–Crippen LogP) is 3.01. The smallest absolute Gasteiger partial charge is 0.144 e. The number of imidazole rings is 1. The zero-order chi connectivity index (χ0) is 14.4. The average molecular weight is 275 g/mol. The van der Waals surface area contributed by atoms with Crippen LogP contribution in [-0.4, -0.2) is 19.5 Å². The molecule has 1 aliphatic rings. The second kappa shape index (κ2) is 4.38. The molecule has 0 bridgehead atoms. The van der Waals surface area contributed by atoms with Crippen LogP contribution in [0.25, 0.3) is 22.4 Å². The molecule has 21 heavy (non-hydrogen) atoms. The Kier molecular flexibility index (Phi) is 2.51. The Balaban J connectivity index is 2.03. The van der Waals surface area contributed by atoms with Crippen LogP contribution < -0.4 is 0 Å². The lowest BCUT2D eigenvalue weighted by molar-refractivity contribution is 0.773. The van der Waals surface area contributed by atoms with Gasteiger partial charge in [-0.2, -0.15) is 5.26 Å². The van der Waals surface area contributed by atoms with Gasteiger partial charge >= 0.3 is 0 Å². The first-order valence-electron chi connectivity index (χ1n) is 6.97. The van der Waals surface area contributed by atoms with Gasteiger partial charge in [0, 0.05) is 12.2 Å². The molecule has 0 amide bonds. The van der Waals surface area contributed by atoms with E-state index in [2.05, 4.69) is 20.6 Å². The lowest BCUT2D eigenvalue weighted by atomic mass is 10.2. The minimum atomic E-state index is 0.471. The van der Waals surface area contributed by atoms with Crippen LogP contribution in [0, 0.1) is 18.3 Å². The number of hydrogen-bond donors (Lipinski definition) is 0. The van der Waals surface area contributed by atoms with Gasteiger partial charge in [-0.3, -0.25) is 0 Å². The molecular formula is C16H13N5. The van der Waals surface area contributed by atoms with E-state index in [0.29, 0.717) is 11.6 Å². The fourth-order valence-corrected chi connectivity index (χ4v) is 2.67. The number of aromatic nitrogens is 4. The molecule has 4 rings (SSSR count). The van der Waals surface area contributed by atoms with Crippen molar-refractivity contribution in [2.45, 2.75) is 25.8 Å². The Bertz CT molecular complexity index is 883. The van der Waals surface area contributed by atoms with Crippen molar-refractivity contribution in [1.29, 1.82) is 5.26 Å². The highest BCUT2D eigenvalue weighted by Gasteiger charge is 2.29. The van der Waals surface area contributed by atoms with Crippen molar-refractivity contribution in [1.82, 2.24) is 19.5 Å². The lowest BCUT2D eigenvalue weighted by Crippen LogP contribution is -2.00. The molecule has 0 aliphatic heterocycles. The van der Waals surface area contributed by atoms with Gasteiger partial charge in [0.15, 0.2) is 0 Å². The Morgan fingerprint density at radius 2 is 2.19 bits per heavy atom. The van der Waals surface area contributed by atoms with Gasteiger partial charge in [0.1, 0.15) is 12.2 Å². The van der Waals surface area contributed by atoms with Crippen LogP contribution in [0.5, 0.6) is 0 Å². The Morgan fingerprint density at radius 3 is 2.90 bits per heavy atom. The van der Waals surface area contributed by atoms with E-state index in [0.717, 1.165) is 41.0 Å². The third kappa shape index (κ3) is 1.88. The van der Waals surface area contributed by atoms with E-state index in [1.54, 1.807) is 6.33 Å². The molecule has 1 aliphatic carbocycles. The zero-order valence-corrected chi connectivity index (χ0v) is 11.6. The van der Waals surface area contributed by atoms with E-state index in [4.69, 9.17) is 10.2 Å². The number of hydrogen-bond acceptors (Lipinski definition) is 4. The first-order valence-corrected chi connectivity index (χ1v) is 6.97. The highest BCUT2D eigenvalue weighted by atomic mass is 15.1. The van der Waals surface area contributed by atoms with Gasteiger partial charge in [0.2, 0.25) is 0 Å². The van der Waals surface area contributed by atoms with Crippen molar-refractivity contribution in [2.24, 2.45) is 0 Å². The van der Waals surface area contributed by atoms with E-state index in [-0.39, 0.29) is 0 Å². The highest BCUT2D eigenvalue weighted by Crippen LogP contribution is 2.41. The standard InChI is InChI=1S/C16H13N5/c1-10-13(8-18-9-19-10)16-20-14-5-2-11(7-17)6-15(14)21(16)12-3-4-12/h2,5-6,8-9,12H,3-4H2,1H3. The normalized spacial score (nSPS) is 14.3. The molecule has 5 heteroatoms. The van der Waals surface area contributed by atoms with Crippen molar-refractivity contribution in [3.05, 3.63) is 42.0 Å². The molecule has 1 fully saturated rings. The van der Waals surface area contributed by atoms with Gasteiger partial charge in [-0.15, -0.1) is 0 Å². The molecule has 102 valence electrons. The van der Waals surface area contributed by atoms with Gasteiger partial charge in [0.25, 0.3) is 0 Å². The third-order valence-electron chi connectivity index (χ3n) is 3.88. The minimum absolute atomic E-state index is 0.471. The second-order valence-corrected chi connectivity index (χ2v) is 5.37. The number of aryl methyl sites for hydroxylation is 1. The molecular weight excluding hydrogens is 262 g/mol. The number of nitriles is 1. The van der Waals surface area contributed by atoms with Crippen LogP contribution in [0.3, 0.4) is 0 Å². The summed E-state index contributed by atoms with van der Waals surface area (Å²) in [5.41, 5.74) is 4.48. The summed E-state index contributed by atoms with van der Waals surface area (Å²) in [6.45, 7) is 1.97. The number of benzene rings is 1. The van der Waals surface area contributed by atoms with Gasteiger partial charge in [-0.1, -0.05) is 0 Å². The van der Waals surface area contributed by atoms with Gasteiger partial charge in [-0.05, 0) is 38.0 Å². The van der Waals surface area contributed by atoms with Crippen molar-refractivity contribution in [3.63, 3.8) is 0 Å². The molecule has 0 radical (unpaired) electrons. The summed E-state index contributed by atoms with van der Waals surface area (Å²) < 4.78 is 2.24. The monoisotopic (exact) mass is 275 g/mol. The molecule has 0 spiro atoms.